The number of allylic oxidation sites excluding steroid dienone is 2. The van der Waals surface area contributed by atoms with E-state index < -0.39 is 0 Å². The van der Waals surface area contributed by atoms with Crippen LogP contribution in [0.1, 0.15) is 71.1 Å². The molecule has 0 aliphatic rings. The van der Waals surface area contributed by atoms with E-state index in [1.165, 1.54) is 51.4 Å². The summed E-state index contributed by atoms with van der Waals surface area (Å²) in [5, 5.41) is 0. The van der Waals surface area contributed by atoms with Crippen molar-refractivity contribution < 1.29 is 0 Å². The predicted octanol–water partition coefficient (Wildman–Crippen LogP) is 5.75. The molecule has 1 atom stereocenters. The third-order valence-corrected chi connectivity index (χ3v) is 3.10. The quantitative estimate of drug-likeness (QED) is 0.308. The van der Waals surface area contributed by atoms with E-state index in [-0.39, 0.29) is 0 Å². The van der Waals surface area contributed by atoms with Gasteiger partial charge in [0.05, 0.1) is 0 Å². The van der Waals surface area contributed by atoms with E-state index in [0.717, 1.165) is 18.8 Å². The van der Waals surface area contributed by atoms with E-state index in [0.29, 0.717) is 0 Å². The number of unbranched alkanes of at least 4 members (excludes halogenated alkanes) is 5. The van der Waals surface area contributed by atoms with Crippen molar-refractivity contribution in [1.82, 2.24) is 0 Å². The van der Waals surface area contributed by atoms with Crippen LogP contribution in [0.15, 0.2) is 12.2 Å². The highest BCUT2D eigenvalue weighted by Gasteiger charge is 2.00. The summed E-state index contributed by atoms with van der Waals surface area (Å²) in [5.74, 6) is 0.910. The maximum absolute atomic E-state index is 3.89. The zero-order valence-electron chi connectivity index (χ0n) is 11.2. The Balaban J connectivity index is 3.11. The summed E-state index contributed by atoms with van der Waals surface area (Å²) in [4.78, 5) is 0. The minimum atomic E-state index is 0.910. The molecule has 0 aromatic carbocycles. The highest BCUT2D eigenvalue weighted by molar-refractivity contribution is 4.81. The van der Waals surface area contributed by atoms with Gasteiger partial charge in [-0.15, -0.1) is 0 Å². The Bertz CT molecular complexity index is 146. The smallest absolute Gasteiger partial charge is 0.0351 e. The standard InChI is InChI=1S/C16H30/c1-4-6-8-9-10-11-12-13-15-16(3)14-7-5-2/h6,8,16H,1-2,4-5,7,9-15H2,3H3. The topological polar surface area (TPSA) is 0 Å². The van der Waals surface area contributed by atoms with Gasteiger partial charge in [-0.05, 0) is 32.1 Å². The highest BCUT2D eigenvalue weighted by atomic mass is 14.1. The van der Waals surface area contributed by atoms with Crippen LogP contribution in [0.2, 0.25) is 0 Å². The number of rotatable bonds is 11. The molecule has 0 saturated heterocycles. The Hall–Kier alpha value is -0.260. The second kappa shape index (κ2) is 12.8. The van der Waals surface area contributed by atoms with Crippen molar-refractivity contribution in [2.75, 3.05) is 0 Å². The van der Waals surface area contributed by atoms with Crippen LogP contribution >= 0.6 is 0 Å². The van der Waals surface area contributed by atoms with Crippen LogP contribution in [0, 0.1) is 19.8 Å². The van der Waals surface area contributed by atoms with Crippen LogP contribution in [0.3, 0.4) is 0 Å². The van der Waals surface area contributed by atoms with Crippen LogP contribution in [-0.4, -0.2) is 0 Å². The van der Waals surface area contributed by atoms with Gasteiger partial charge in [0.1, 0.15) is 0 Å². The van der Waals surface area contributed by atoms with Crippen molar-refractivity contribution in [3.8, 4) is 0 Å². The van der Waals surface area contributed by atoms with Gasteiger partial charge >= 0.3 is 0 Å². The zero-order valence-corrected chi connectivity index (χ0v) is 11.2. The number of hydrogen-bond acceptors (Lipinski definition) is 0. The van der Waals surface area contributed by atoms with Gasteiger partial charge in [0.25, 0.3) is 0 Å². The summed E-state index contributed by atoms with van der Waals surface area (Å²) in [6, 6.07) is 0. The zero-order chi connectivity index (χ0) is 12.1. The lowest BCUT2D eigenvalue weighted by Crippen LogP contribution is -1.94. The van der Waals surface area contributed by atoms with Gasteiger partial charge in [-0.3, -0.25) is 0 Å². The molecule has 0 nitrogen and oxygen atoms in total. The molecular formula is C16H30. The lowest BCUT2D eigenvalue weighted by atomic mass is 9.97. The molecule has 0 fully saturated rings. The first-order valence-corrected chi connectivity index (χ1v) is 7.04. The van der Waals surface area contributed by atoms with Crippen molar-refractivity contribution >= 4 is 0 Å². The fourth-order valence-corrected chi connectivity index (χ4v) is 1.98. The van der Waals surface area contributed by atoms with Crippen LogP contribution in [0.25, 0.3) is 0 Å². The Morgan fingerprint density at radius 3 is 2.25 bits per heavy atom. The van der Waals surface area contributed by atoms with E-state index in [2.05, 4.69) is 32.9 Å². The molecule has 0 spiro atoms. The third kappa shape index (κ3) is 11.8. The molecule has 16 heavy (non-hydrogen) atoms. The van der Waals surface area contributed by atoms with Crippen molar-refractivity contribution in [1.29, 1.82) is 0 Å². The van der Waals surface area contributed by atoms with E-state index in [9.17, 15) is 0 Å². The molecule has 0 heteroatoms. The van der Waals surface area contributed by atoms with Crippen LogP contribution in [0.5, 0.6) is 0 Å². The lowest BCUT2D eigenvalue weighted by molar-refractivity contribution is 0.447. The average Bonchev–Trinajstić information content (AvgIpc) is 2.30. The Morgan fingerprint density at radius 2 is 1.56 bits per heavy atom. The first-order valence-electron chi connectivity index (χ1n) is 7.04. The van der Waals surface area contributed by atoms with E-state index in [1.807, 2.05) is 0 Å². The maximum atomic E-state index is 3.89. The van der Waals surface area contributed by atoms with E-state index in [1.54, 1.807) is 0 Å². The molecule has 0 N–H and O–H groups in total. The largest absolute Gasteiger partial charge is 0.0885 e. The van der Waals surface area contributed by atoms with E-state index >= 15 is 0 Å². The predicted molar refractivity (Wildman–Crippen MR) is 75.2 cm³/mol. The van der Waals surface area contributed by atoms with Gasteiger partial charge in [0.2, 0.25) is 0 Å². The lowest BCUT2D eigenvalue weighted by Gasteiger charge is -2.09. The van der Waals surface area contributed by atoms with Gasteiger partial charge in [0, 0.05) is 0 Å². The van der Waals surface area contributed by atoms with Crippen molar-refractivity contribution in [2.45, 2.75) is 71.1 Å². The van der Waals surface area contributed by atoms with Crippen molar-refractivity contribution in [3.63, 3.8) is 0 Å². The monoisotopic (exact) mass is 222 g/mol. The molecular weight excluding hydrogens is 192 g/mol. The molecule has 0 heterocycles. The fraction of sp³-hybridized carbons (Fsp3) is 0.750. The van der Waals surface area contributed by atoms with Gasteiger partial charge in [0.15, 0.2) is 0 Å². The summed E-state index contributed by atoms with van der Waals surface area (Å²) in [7, 11) is 0. The minimum absolute atomic E-state index is 0.910. The molecule has 94 valence electrons. The molecule has 0 aromatic rings. The molecule has 0 aromatic heterocycles. The second-order valence-corrected chi connectivity index (χ2v) is 4.85. The first-order chi connectivity index (χ1) is 7.81. The normalized spacial score (nSPS) is 13.4. The molecule has 0 amide bonds. The van der Waals surface area contributed by atoms with Gasteiger partial charge in [-0.25, -0.2) is 0 Å². The van der Waals surface area contributed by atoms with Crippen LogP contribution in [0.4, 0.5) is 0 Å². The van der Waals surface area contributed by atoms with E-state index in [4.69, 9.17) is 0 Å². The molecule has 0 aliphatic heterocycles. The Morgan fingerprint density at radius 1 is 0.875 bits per heavy atom. The summed E-state index contributed by atoms with van der Waals surface area (Å²) >= 11 is 0. The fourth-order valence-electron chi connectivity index (χ4n) is 1.98. The maximum Gasteiger partial charge on any atom is -0.0351 e. The summed E-state index contributed by atoms with van der Waals surface area (Å²) in [6.45, 7) is 10.1. The molecule has 0 aliphatic carbocycles. The third-order valence-electron chi connectivity index (χ3n) is 3.10. The molecule has 0 bridgehead atoms. The minimum Gasteiger partial charge on any atom is -0.0885 e. The van der Waals surface area contributed by atoms with Crippen LogP contribution < -0.4 is 0 Å². The number of hydrogen-bond donors (Lipinski definition) is 0. The second-order valence-electron chi connectivity index (χ2n) is 4.85. The highest BCUT2D eigenvalue weighted by Crippen LogP contribution is 2.16. The Kier molecular flexibility index (Phi) is 12.6. The first kappa shape index (κ1) is 15.7. The Labute approximate surface area is 104 Å². The molecule has 1 unspecified atom stereocenters. The summed E-state index contributed by atoms with van der Waals surface area (Å²) in [6.07, 6.45) is 17.4. The van der Waals surface area contributed by atoms with Gasteiger partial charge < -0.3 is 0 Å². The van der Waals surface area contributed by atoms with Gasteiger partial charge in [-0.2, -0.15) is 0 Å². The summed E-state index contributed by atoms with van der Waals surface area (Å²) in [5.41, 5.74) is 0. The molecule has 0 rings (SSSR count). The van der Waals surface area contributed by atoms with Gasteiger partial charge in [-0.1, -0.05) is 70.9 Å². The molecule has 2 radical (unpaired) electrons. The van der Waals surface area contributed by atoms with Crippen LogP contribution in [-0.2, 0) is 0 Å². The molecule has 0 saturated carbocycles. The van der Waals surface area contributed by atoms with Crippen molar-refractivity contribution in [2.24, 2.45) is 5.92 Å². The summed E-state index contributed by atoms with van der Waals surface area (Å²) < 4.78 is 0. The average molecular weight is 222 g/mol. The van der Waals surface area contributed by atoms with Crippen molar-refractivity contribution in [3.05, 3.63) is 26.0 Å². The SMILES string of the molecule is [CH2]CC=CCCCCCCC(C)CCC[CH2].